The summed E-state index contributed by atoms with van der Waals surface area (Å²) in [5.74, 6) is 2.45. The minimum absolute atomic E-state index is 0.252. The summed E-state index contributed by atoms with van der Waals surface area (Å²) in [4.78, 5) is 0. The molecule has 0 unspecified atom stereocenters. The Morgan fingerprint density at radius 2 is 1.67 bits per heavy atom. The van der Waals surface area contributed by atoms with Crippen molar-refractivity contribution in [2.24, 2.45) is 0 Å². The lowest BCUT2D eigenvalue weighted by molar-refractivity contribution is 0.334. The van der Waals surface area contributed by atoms with E-state index in [0.29, 0.717) is 0 Å². The van der Waals surface area contributed by atoms with Crippen LogP contribution in [-0.2, 0) is 12.8 Å². The number of fused-ring (bicyclic) bond motifs is 1. The summed E-state index contributed by atoms with van der Waals surface area (Å²) < 4.78 is 18.4. The number of ether oxygens (including phenoxy) is 3. The van der Waals surface area contributed by atoms with Gasteiger partial charge in [0, 0.05) is 28.7 Å². The minimum atomic E-state index is 0.252. The summed E-state index contributed by atoms with van der Waals surface area (Å²) in [7, 11) is 5.04. The van der Waals surface area contributed by atoms with E-state index in [1.54, 1.807) is 21.3 Å². The maximum absolute atomic E-state index is 5.49. The topological polar surface area (TPSA) is 30.9 Å². The van der Waals surface area contributed by atoms with Gasteiger partial charge in [-0.2, -0.15) is 0 Å². The van der Waals surface area contributed by atoms with Crippen LogP contribution in [0.3, 0.4) is 0 Å². The van der Waals surface area contributed by atoms with Crippen LogP contribution < -0.4 is 14.2 Å². The van der Waals surface area contributed by atoms with Gasteiger partial charge in [0.1, 0.15) is 5.75 Å². The Bertz CT molecular complexity index is 703. The first-order valence-corrected chi connectivity index (χ1v) is 8.67. The molecule has 3 rings (SSSR count). The third kappa shape index (κ3) is 3.37. The van der Waals surface area contributed by atoms with Gasteiger partial charge in [0.25, 0.3) is 0 Å². The zero-order valence-electron chi connectivity index (χ0n) is 14.2. The Labute approximate surface area is 151 Å². The molecule has 0 spiro atoms. The average molecular weight is 392 g/mol. The highest BCUT2D eigenvalue weighted by atomic mass is 79.9. The van der Waals surface area contributed by atoms with Gasteiger partial charge in [-0.25, -0.2) is 3.93 Å². The van der Waals surface area contributed by atoms with E-state index in [2.05, 4.69) is 44.3 Å². The smallest absolute Gasteiger partial charge is 0.161 e. The van der Waals surface area contributed by atoms with Crippen molar-refractivity contribution >= 4 is 16.1 Å². The second-order valence-electron chi connectivity index (χ2n) is 5.85. The van der Waals surface area contributed by atoms with Crippen molar-refractivity contribution in [2.75, 3.05) is 27.9 Å². The molecule has 2 aromatic carbocycles. The lowest BCUT2D eigenvalue weighted by Crippen LogP contribution is -2.29. The molecule has 4 nitrogen and oxygen atoms in total. The van der Waals surface area contributed by atoms with Crippen molar-refractivity contribution in [3.63, 3.8) is 0 Å². The van der Waals surface area contributed by atoms with Crippen molar-refractivity contribution in [3.05, 3.63) is 53.1 Å². The number of benzene rings is 2. The molecule has 1 aliphatic rings. The summed E-state index contributed by atoms with van der Waals surface area (Å²) >= 11 is 3.73. The van der Waals surface area contributed by atoms with Crippen LogP contribution in [0.2, 0.25) is 0 Å². The number of halogens is 1. The molecule has 0 saturated heterocycles. The predicted octanol–water partition coefficient (Wildman–Crippen LogP) is 4.16. The highest BCUT2D eigenvalue weighted by Crippen LogP contribution is 2.40. The van der Waals surface area contributed by atoms with Gasteiger partial charge < -0.3 is 14.2 Å². The van der Waals surface area contributed by atoms with Crippen LogP contribution in [0.25, 0.3) is 0 Å². The summed E-state index contributed by atoms with van der Waals surface area (Å²) in [6, 6.07) is 12.7. The fourth-order valence-electron chi connectivity index (χ4n) is 3.19. The number of nitrogens with zero attached hydrogens (tertiary/aromatic N) is 1. The van der Waals surface area contributed by atoms with E-state index < -0.39 is 0 Å². The molecule has 0 amide bonds. The predicted molar refractivity (Wildman–Crippen MR) is 98.3 cm³/mol. The molecule has 0 bridgehead atoms. The first-order chi connectivity index (χ1) is 11.7. The van der Waals surface area contributed by atoms with Crippen LogP contribution in [0.15, 0.2) is 36.4 Å². The molecule has 1 heterocycles. The zero-order chi connectivity index (χ0) is 17.1. The number of hydrogen-bond acceptors (Lipinski definition) is 4. The van der Waals surface area contributed by atoms with Crippen LogP contribution in [0, 0.1) is 0 Å². The Kier molecular flexibility index (Phi) is 5.31. The molecular formula is C19H22BrNO3. The summed E-state index contributed by atoms with van der Waals surface area (Å²) in [5, 5.41) is 0. The number of hydrogen-bond donors (Lipinski definition) is 0. The molecule has 0 fully saturated rings. The van der Waals surface area contributed by atoms with Crippen molar-refractivity contribution in [1.82, 2.24) is 3.93 Å². The second-order valence-corrected chi connectivity index (χ2v) is 6.76. The van der Waals surface area contributed by atoms with Gasteiger partial charge in [-0.1, -0.05) is 12.1 Å². The average Bonchev–Trinajstić information content (AvgIpc) is 2.63. The van der Waals surface area contributed by atoms with E-state index in [-0.39, 0.29) is 6.04 Å². The fourth-order valence-corrected chi connectivity index (χ4v) is 3.73. The first kappa shape index (κ1) is 17.1. The van der Waals surface area contributed by atoms with Crippen LogP contribution in [0.5, 0.6) is 17.2 Å². The highest BCUT2D eigenvalue weighted by molar-refractivity contribution is 9.07. The molecule has 128 valence electrons. The van der Waals surface area contributed by atoms with E-state index in [1.165, 1.54) is 16.7 Å². The van der Waals surface area contributed by atoms with Gasteiger partial charge in [0.2, 0.25) is 0 Å². The molecule has 0 aliphatic carbocycles. The van der Waals surface area contributed by atoms with Crippen LogP contribution in [0.1, 0.15) is 22.7 Å². The Hall–Kier alpha value is -1.72. The van der Waals surface area contributed by atoms with E-state index in [4.69, 9.17) is 14.2 Å². The van der Waals surface area contributed by atoms with Gasteiger partial charge in [-0.3, -0.25) is 0 Å². The third-order valence-corrected chi connectivity index (χ3v) is 5.37. The molecule has 0 radical (unpaired) electrons. The maximum atomic E-state index is 5.49. The molecule has 1 atom stereocenters. The van der Waals surface area contributed by atoms with E-state index in [0.717, 1.165) is 36.6 Å². The van der Waals surface area contributed by atoms with Gasteiger partial charge in [0.05, 0.1) is 21.3 Å². The van der Waals surface area contributed by atoms with Gasteiger partial charge in [-0.05, 0) is 53.8 Å². The largest absolute Gasteiger partial charge is 0.497 e. The van der Waals surface area contributed by atoms with Crippen molar-refractivity contribution in [1.29, 1.82) is 0 Å². The summed E-state index contributed by atoms with van der Waals surface area (Å²) in [6.45, 7) is 0.962. The van der Waals surface area contributed by atoms with Crippen molar-refractivity contribution in [3.8, 4) is 17.2 Å². The first-order valence-electron chi connectivity index (χ1n) is 7.96. The maximum Gasteiger partial charge on any atom is 0.161 e. The lowest BCUT2D eigenvalue weighted by Gasteiger charge is -2.33. The van der Waals surface area contributed by atoms with Crippen LogP contribution in [0.4, 0.5) is 0 Å². The Morgan fingerprint density at radius 3 is 2.29 bits per heavy atom. The summed E-state index contributed by atoms with van der Waals surface area (Å²) in [6.07, 6.45) is 1.90. The van der Waals surface area contributed by atoms with Crippen LogP contribution >= 0.6 is 16.1 Å². The molecule has 24 heavy (non-hydrogen) atoms. The Balaban J connectivity index is 1.93. The number of rotatable bonds is 5. The monoisotopic (exact) mass is 391 g/mol. The van der Waals surface area contributed by atoms with Gasteiger partial charge in [-0.15, -0.1) is 0 Å². The van der Waals surface area contributed by atoms with Crippen molar-refractivity contribution < 1.29 is 14.2 Å². The molecule has 5 heteroatoms. The van der Waals surface area contributed by atoms with E-state index in [1.807, 2.05) is 12.1 Å². The normalized spacial score (nSPS) is 17.2. The summed E-state index contributed by atoms with van der Waals surface area (Å²) in [5.41, 5.74) is 3.88. The lowest BCUT2D eigenvalue weighted by atomic mass is 9.90. The Morgan fingerprint density at radius 1 is 1.00 bits per heavy atom. The highest BCUT2D eigenvalue weighted by Gasteiger charge is 2.28. The SMILES string of the molecule is COc1ccc(C[C@@H]2c3cc(OC)c(OC)cc3CCN2Br)cc1. The molecule has 0 saturated carbocycles. The zero-order valence-corrected chi connectivity index (χ0v) is 15.8. The molecule has 0 aromatic heterocycles. The standard InChI is InChI=1S/C19H22BrNO3/c1-22-15-6-4-13(5-7-15)10-17-16-12-19(24-3)18(23-2)11-14(16)8-9-21(17)20/h4-7,11-12,17H,8-10H2,1-3H3/t17-/m1/s1. The molecule has 2 aromatic rings. The fraction of sp³-hybridized carbons (Fsp3) is 0.368. The van der Waals surface area contributed by atoms with E-state index in [9.17, 15) is 0 Å². The van der Waals surface area contributed by atoms with Crippen molar-refractivity contribution in [2.45, 2.75) is 18.9 Å². The second kappa shape index (κ2) is 7.45. The van der Waals surface area contributed by atoms with Crippen LogP contribution in [-0.4, -0.2) is 31.8 Å². The minimum Gasteiger partial charge on any atom is -0.497 e. The van der Waals surface area contributed by atoms with Gasteiger partial charge in [0.15, 0.2) is 11.5 Å². The third-order valence-electron chi connectivity index (χ3n) is 4.53. The van der Waals surface area contributed by atoms with E-state index >= 15 is 0 Å². The molecular weight excluding hydrogens is 370 g/mol. The molecule has 0 N–H and O–H groups in total. The van der Waals surface area contributed by atoms with Gasteiger partial charge >= 0.3 is 0 Å². The molecule has 1 aliphatic heterocycles. The number of methoxy groups -OCH3 is 3. The quantitative estimate of drug-likeness (QED) is 0.715.